The Kier molecular flexibility index (Phi) is 3.51. The van der Waals surface area contributed by atoms with Crippen LogP contribution in [0.25, 0.3) is 11.1 Å². The number of aromatic nitrogens is 1. The van der Waals surface area contributed by atoms with Crippen molar-refractivity contribution >= 4 is 5.82 Å². The zero-order chi connectivity index (χ0) is 17.0. The van der Waals surface area contributed by atoms with Crippen molar-refractivity contribution in [1.82, 2.24) is 4.98 Å². The number of hydrogen-bond donors (Lipinski definition) is 0. The van der Waals surface area contributed by atoms with Gasteiger partial charge >= 0.3 is 0 Å². The van der Waals surface area contributed by atoms with E-state index in [1.807, 2.05) is 0 Å². The third-order valence-corrected chi connectivity index (χ3v) is 6.53. The maximum Gasteiger partial charge on any atom is 0.223 e. The number of rotatable bonds is 2. The Hall–Kier alpha value is -2.03. The molecule has 0 amide bonds. The number of pyridine rings is 1. The summed E-state index contributed by atoms with van der Waals surface area (Å²) in [5.41, 5.74) is 4.94. The maximum absolute atomic E-state index is 6.00. The van der Waals surface area contributed by atoms with Gasteiger partial charge in [0.05, 0.1) is 0 Å². The molecule has 2 aromatic rings. The fourth-order valence-corrected chi connectivity index (χ4v) is 5.17. The van der Waals surface area contributed by atoms with E-state index in [2.05, 4.69) is 49.2 Å². The molecule has 0 N–H and O–H groups in total. The van der Waals surface area contributed by atoms with Crippen LogP contribution in [0.3, 0.4) is 0 Å². The molecule has 5 rings (SSSR count). The van der Waals surface area contributed by atoms with Crippen LogP contribution in [0.2, 0.25) is 0 Å². The number of anilines is 1. The second-order valence-electron chi connectivity index (χ2n) is 8.25. The van der Waals surface area contributed by atoms with E-state index in [1.54, 1.807) is 0 Å². The highest BCUT2D eigenvalue weighted by atomic mass is 16.5. The Bertz CT molecular complexity index is 804. The van der Waals surface area contributed by atoms with Gasteiger partial charge in [0.15, 0.2) is 0 Å². The van der Waals surface area contributed by atoms with E-state index in [-0.39, 0.29) is 0 Å². The van der Waals surface area contributed by atoms with Crippen molar-refractivity contribution < 1.29 is 4.74 Å². The summed E-state index contributed by atoms with van der Waals surface area (Å²) in [7, 11) is 2.21. The molecule has 2 bridgehead atoms. The van der Waals surface area contributed by atoms with E-state index in [4.69, 9.17) is 9.72 Å². The SMILES string of the molecule is Cc1ccc2c(c1)COc1nc(N(C)[C@H]3C[C@@H]4CC[C@@H](C4)C3)ccc1-2. The van der Waals surface area contributed by atoms with Crippen molar-refractivity contribution in [3.05, 3.63) is 41.5 Å². The quantitative estimate of drug-likeness (QED) is 0.776. The molecule has 2 aliphatic carbocycles. The van der Waals surface area contributed by atoms with Gasteiger partial charge < -0.3 is 9.64 Å². The minimum Gasteiger partial charge on any atom is -0.472 e. The topological polar surface area (TPSA) is 25.4 Å². The van der Waals surface area contributed by atoms with Gasteiger partial charge in [-0.25, -0.2) is 0 Å². The fourth-order valence-electron chi connectivity index (χ4n) is 5.17. The third kappa shape index (κ3) is 2.61. The summed E-state index contributed by atoms with van der Waals surface area (Å²) in [5, 5.41) is 0. The molecule has 3 heteroatoms. The van der Waals surface area contributed by atoms with Crippen molar-refractivity contribution in [2.45, 2.75) is 51.7 Å². The van der Waals surface area contributed by atoms with Gasteiger partial charge in [-0.3, -0.25) is 0 Å². The molecule has 3 aliphatic rings. The third-order valence-electron chi connectivity index (χ3n) is 6.53. The van der Waals surface area contributed by atoms with Crippen LogP contribution in [0.4, 0.5) is 5.82 Å². The first-order valence-corrected chi connectivity index (χ1v) is 9.64. The molecule has 1 aromatic heterocycles. The summed E-state index contributed by atoms with van der Waals surface area (Å²) >= 11 is 0. The van der Waals surface area contributed by atoms with E-state index in [0.717, 1.165) is 29.1 Å². The molecule has 1 aliphatic heterocycles. The van der Waals surface area contributed by atoms with Crippen LogP contribution in [0, 0.1) is 18.8 Å². The Morgan fingerprint density at radius 2 is 1.76 bits per heavy atom. The van der Waals surface area contributed by atoms with Gasteiger partial charge in [0.25, 0.3) is 0 Å². The fraction of sp³-hybridized carbons (Fsp3) is 0.500. The molecule has 25 heavy (non-hydrogen) atoms. The maximum atomic E-state index is 6.00. The zero-order valence-electron chi connectivity index (χ0n) is 15.2. The molecule has 0 radical (unpaired) electrons. The molecule has 2 heterocycles. The molecule has 2 saturated carbocycles. The van der Waals surface area contributed by atoms with Crippen LogP contribution in [0.15, 0.2) is 30.3 Å². The van der Waals surface area contributed by atoms with Crippen molar-refractivity contribution in [1.29, 1.82) is 0 Å². The minimum absolute atomic E-state index is 0.623. The van der Waals surface area contributed by atoms with Gasteiger partial charge in [-0.05, 0) is 61.3 Å². The van der Waals surface area contributed by atoms with Crippen LogP contribution < -0.4 is 9.64 Å². The van der Waals surface area contributed by atoms with Crippen LogP contribution in [0.1, 0.15) is 43.2 Å². The van der Waals surface area contributed by atoms with Crippen molar-refractivity contribution in [2.75, 3.05) is 11.9 Å². The minimum atomic E-state index is 0.623. The second-order valence-corrected chi connectivity index (χ2v) is 8.25. The number of ether oxygens (including phenoxy) is 1. The van der Waals surface area contributed by atoms with Gasteiger partial charge in [-0.1, -0.05) is 36.6 Å². The average Bonchev–Trinajstić information content (AvgIpc) is 2.98. The smallest absolute Gasteiger partial charge is 0.223 e. The highest BCUT2D eigenvalue weighted by Crippen LogP contribution is 2.44. The normalized spacial score (nSPS) is 26.6. The van der Waals surface area contributed by atoms with Crippen molar-refractivity contribution in [3.63, 3.8) is 0 Å². The monoisotopic (exact) mass is 334 g/mol. The lowest BCUT2D eigenvalue weighted by molar-refractivity contribution is 0.288. The van der Waals surface area contributed by atoms with Crippen molar-refractivity contribution in [2.24, 2.45) is 11.8 Å². The molecule has 0 spiro atoms. The number of benzene rings is 1. The lowest BCUT2D eigenvalue weighted by Crippen LogP contribution is -2.37. The standard InChI is InChI=1S/C22H26N2O/c1-14-3-6-19-17(9-14)13-25-22-20(19)7-8-21(23-22)24(2)18-11-15-4-5-16(10-15)12-18/h3,6-9,15-16,18H,4-5,10-13H2,1-2H3/t15-,16+,18+. The molecular weight excluding hydrogens is 308 g/mol. The number of nitrogens with zero attached hydrogens (tertiary/aromatic N) is 2. The Balaban J connectivity index is 1.44. The second kappa shape index (κ2) is 5.76. The Morgan fingerprint density at radius 3 is 2.56 bits per heavy atom. The van der Waals surface area contributed by atoms with Crippen LogP contribution in [-0.4, -0.2) is 18.1 Å². The summed E-state index contributed by atoms with van der Waals surface area (Å²) in [5.74, 6) is 3.73. The molecule has 1 aromatic carbocycles. The summed E-state index contributed by atoms with van der Waals surface area (Å²) in [4.78, 5) is 7.29. The van der Waals surface area contributed by atoms with Gasteiger partial charge in [0.2, 0.25) is 5.88 Å². The number of hydrogen-bond acceptors (Lipinski definition) is 3. The summed E-state index contributed by atoms with van der Waals surface area (Å²) in [6.45, 7) is 2.75. The van der Waals surface area contributed by atoms with Gasteiger partial charge in [0, 0.05) is 18.7 Å². The predicted molar refractivity (Wildman–Crippen MR) is 101 cm³/mol. The van der Waals surface area contributed by atoms with E-state index in [9.17, 15) is 0 Å². The Labute approximate surface area is 150 Å². The largest absolute Gasteiger partial charge is 0.472 e. The molecule has 2 fully saturated rings. The van der Waals surface area contributed by atoms with E-state index < -0.39 is 0 Å². The first-order valence-electron chi connectivity index (χ1n) is 9.64. The van der Waals surface area contributed by atoms with Gasteiger partial charge in [-0.15, -0.1) is 0 Å². The molecular formula is C22H26N2O. The summed E-state index contributed by atoms with van der Waals surface area (Å²) in [6, 6.07) is 11.6. The molecule has 3 nitrogen and oxygen atoms in total. The first-order chi connectivity index (χ1) is 12.2. The van der Waals surface area contributed by atoms with E-state index in [1.165, 1.54) is 48.8 Å². The van der Waals surface area contributed by atoms with Crippen LogP contribution >= 0.6 is 0 Å². The van der Waals surface area contributed by atoms with Crippen LogP contribution in [0.5, 0.6) is 5.88 Å². The number of fused-ring (bicyclic) bond motifs is 5. The first kappa shape index (κ1) is 15.2. The highest BCUT2D eigenvalue weighted by molar-refractivity contribution is 5.75. The highest BCUT2D eigenvalue weighted by Gasteiger charge is 2.36. The Morgan fingerprint density at radius 1 is 1.00 bits per heavy atom. The van der Waals surface area contributed by atoms with Crippen LogP contribution in [-0.2, 0) is 6.61 Å². The molecule has 130 valence electrons. The molecule has 3 atom stereocenters. The zero-order valence-corrected chi connectivity index (χ0v) is 15.2. The van der Waals surface area contributed by atoms with Gasteiger partial charge in [0.1, 0.15) is 12.4 Å². The van der Waals surface area contributed by atoms with E-state index in [0.29, 0.717) is 12.6 Å². The molecule has 0 unspecified atom stereocenters. The average molecular weight is 334 g/mol. The van der Waals surface area contributed by atoms with Crippen molar-refractivity contribution in [3.8, 4) is 17.0 Å². The predicted octanol–water partition coefficient (Wildman–Crippen LogP) is 4.96. The van der Waals surface area contributed by atoms with Gasteiger partial charge in [-0.2, -0.15) is 4.98 Å². The molecule has 0 saturated heterocycles. The number of aryl methyl sites for hydroxylation is 1. The lowest BCUT2D eigenvalue weighted by atomic mass is 9.85. The van der Waals surface area contributed by atoms with E-state index >= 15 is 0 Å². The summed E-state index contributed by atoms with van der Waals surface area (Å²) in [6.07, 6.45) is 6.99. The summed E-state index contributed by atoms with van der Waals surface area (Å²) < 4.78 is 6.00. The lowest BCUT2D eigenvalue weighted by Gasteiger charge is -2.36.